The van der Waals surface area contributed by atoms with Crippen LogP contribution in [0.3, 0.4) is 0 Å². The molecule has 104 valence electrons. The first-order chi connectivity index (χ1) is 9.04. The quantitative estimate of drug-likeness (QED) is 0.927. The summed E-state index contributed by atoms with van der Waals surface area (Å²) in [5, 5.41) is 3.73. The van der Waals surface area contributed by atoms with Gasteiger partial charge in [-0.25, -0.2) is 0 Å². The fourth-order valence-corrected chi connectivity index (χ4v) is 3.06. The molecule has 1 aliphatic heterocycles. The lowest BCUT2D eigenvalue weighted by Gasteiger charge is -2.46. The van der Waals surface area contributed by atoms with Crippen LogP contribution in [0.15, 0.2) is 22.8 Å². The van der Waals surface area contributed by atoms with E-state index >= 15 is 0 Å². The molecule has 1 saturated heterocycles. The Hall–Kier alpha value is -0.450. The maximum absolute atomic E-state index is 4.51. The lowest BCUT2D eigenvalue weighted by molar-refractivity contribution is 0.0522. The number of piperazine rings is 1. The minimum atomic E-state index is 0.208. The van der Waals surface area contributed by atoms with Gasteiger partial charge in [-0.2, -0.15) is 0 Å². The third kappa shape index (κ3) is 3.18. The molecule has 1 aliphatic carbocycles. The minimum Gasteiger partial charge on any atom is -0.311 e. The van der Waals surface area contributed by atoms with E-state index in [0.29, 0.717) is 6.04 Å². The van der Waals surface area contributed by atoms with Crippen LogP contribution in [0.2, 0.25) is 0 Å². The number of pyridine rings is 1. The summed E-state index contributed by atoms with van der Waals surface area (Å²) in [6.45, 7) is 7.81. The van der Waals surface area contributed by atoms with Crippen molar-refractivity contribution in [1.29, 1.82) is 0 Å². The lowest BCUT2D eigenvalue weighted by Crippen LogP contribution is -2.62. The van der Waals surface area contributed by atoms with Gasteiger partial charge in [-0.05, 0) is 60.7 Å². The molecule has 1 aromatic heterocycles. The second-order valence-corrected chi connectivity index (χ2v) is 7.40. The number of nitrogens with one attached hydrogen (secondary N) is 1. The number of rotatable bonds is 3. The van der Waals surface area contributed by atoms with Crippen molar-refractivity contribution in [3.63, 3.8) is 0 Å². The summed E-state index contributed by atoms with van der Waals surface area (Å²) in [7, 11) is 0. The van der Waals surface area contributed by atoms with E-state index in [1.807, 2.05) is 6.20 Å². The first-order valence-corrected chi connectivity index (χ1v) is 7.93. The Morgan fingerprint density at radius 3 is 2.84 bits per heavy atom. The molecule has 3 rings (SSSR count). The Labute approximate surface area is 123 Å². The molecule has 2 fully saturated rings. The second kappa shape index (κ2) is 5.15. The molecule has 0 amide bonds. The number of aromatic nitrogens is 1. The van der Waals surface area contributed by atoms with Crippen molar-refractivity contribution in [2.45, 2.75) is 44.8 Å². The highest BCUT2D eigenvalue weighted by atomic mass is 79.9. The molecule has 1 atom stereocenters. The zero-order chi connectivity index (χ0) is 13.5. The molecule has 2 heterocycles. The summed E-state index contributed by atoms with van der Waals surface area (Å²) in [6, 6.07) is 4.88. The monoisotopic (exact) mass is 323 g/mol. The van der Waals surface area contributed by atoms with Crippen molar-refractivity contribution in [1.82, 2.24) is 15.2 Å². The van der Waals surface area contributed by atoms with Crippen LogP contribution in [0.4, 0.5) is 0 Å². The molecular formula is C15H22BrN3. The van der Waals surface area contributed by atoms with Gasteiger partial charge in [-0.15, -0.1) is 0 Å². The number of hydrogen-bond donors (Lipinski definition) is 1. The van der Waals surface area contributed by atoms with Crippen LogP contribution in [-0.2, 0) is 6.54 Å². The Morgan fingerprint density at radius 2 is 2.21 bits per heavy atom. The van der Waals surface area contributed by atoms with Crippen LogP contribution in [0.5, 0.6) is 0 Å². The maximum atomic E-state index is 4.51. The van der Waals surface area contributed by atoms with Crippen molar-refractivity contribution in [2.75, 3.05) is 13.1 Å². The standard InChI is InChI=1S/C15H22BrN3/c1-15(2)10-18-14(11-3-4-11)9-19(15)8-13-6-5-12(16)7-17-13/h5-7,11,14,18H,3-4,8-10H2,1-2H3. The SMILES string of the molecule is CC1(C)CNC(C2CC2)CN1Cc1ccc(Br)cn1. The Kier molecular flexibility index (Phi) is 3.67. The topological polar surface area (TPSA) is 28.2 Å². The van der Waals surface area contributed by atoms with Crippen molar-refractivity contribution in [2.24, 2.45) is 5.92 Å². The molecular weight excluding hydrogens is 302 g/mol. The second-order valence-electron chi connectivity index (χ2n) is 6.49. The van der Waals surface area contributed by atoms with E-state index in [1.165, 1.54) is 12.8 Å². The summed E-state index contributed by atoms with van der Waals surface area (Å²) < 4.78 is 1.05. The average molecular weight is 324 g/mol. The zero-order valence-electron chi connectivity index (χ0n) is 11.7. The van der Waals surface area contributed by atoms with Crippen LogP contribution >= 0.6 is 15.9 Å². The van der Waals surface area contributed by atoms with E-state index in [0.717, 1.165) is 35.7 Å². The minimum absolute atomic E-state index is 0.208. The molecule has 1 unspecified atom stereocenters. The first-order valence-electron chi connectivity index (χ1n) is 7.13. The molecule has 1 saturated carbocycles. The molecule has 1 N–H and O–H groups in total. The molecule has 4 heteroatoms. The van der Waals surface area contributed by atoms with Crippen LogP contribution in [0, 0.1) is 5.92 Å². The van der Waals surface area contributed by atoms with E-state index in [1.54, 1.807) is 0 Å². The van der Waals surface area contributed by atoms with E-state index < -0.39 is 0 Å². The Balaban J connectivity index is 1.70. The van der Waals surface area contributed by atoms with Gasteiger partial charge in [0.05, 0.1) is 5.69 Å². The van der Waals surface area contributed by atoms with Crippen molar-refractivity contribution in [3.8, 4) is 0 Å². The zero-order valence-corrected chi connectivity index (χ0v) is 13.3. The van der Waals surface area contributed by atoms with Gasteiger partial charge in [-0.3, -0.25) is 9.88 Å². The summed E-state index contributed by atoms with van der Waals surface area (Å²) >= 11 is 3.44. The van der Waals surface area contributed by atoms with Crippen LogP contribution in [0.25, 0.3) is 0 Å². The fourth-order valence-electron chi connectivity index (χ4n) is 2.83. The van der Waals surface area contributed by atoms with Gasteiger partial charge in [0.2, 0.25) is 0 Å². The average Bonchev–Trinajstić information content (AvgIpc) is 3.19. The van der Waals surface area contributed by atoms with Crippen molar-refractivity contribution in [3.05, 3.63) is 28.5 Å². The number of hydrogen-bond acceptors (Lipinski definition) is 3. The normalized spacial score (nSPS) is 27.4. The van der Waals surface area contributed by atoms with E-state index in [2.05, 4.69) is 57.1 Å². The highest BCUT2D eigenvalue weighted by Gasteiger charge is 2.40. The fraction of sp³-hybridized carbons (Fsp3) is 0.667. The van der Waals surface area contributed by atoms with Gasteiger partial charge >= 0.3 is 0 Å². The summed E-state index contributed by atoms with van der Waals surface area (Å²) in [5.41, 5.74) is 1.37. The highest BCUT2D eigenvalue weighted by molar-refractivity contribution is 9.10. The molecule has 3 nitrogen and oxygen atoms in total. The van der Waals surface area contributed by atoms with Gasteiger partial charge in [0.15, 0.2) is 0 Å². The van der Waals surface area contributed by atoms with Crippen molar-refractivity contribution < 1.29 is 0 Å². The smallest absolute Gasteiger partial charge is 0.0545 e. The van der Waals surface area contributed by atoms with Gasteiger partial charge in [0.1, 0.15) is 0 Å². The molecule has 0 spiro atoms. The summed E-state index contributed by atoms with van der Waals surface area (Å²) in [6.07, 6.45) is 4.70. The first kappa shape index (κ1) is 13.5. The third-order valence-electron chi connectivity index (χ3n) is 4.40. The van der Waals surface area contributed by atoms with Gasteiger partial charge < -0.3 is 5.32 Å². The largest absolute Gasteiger partial charge is 0.311 e. The van der Waals surface area contributed by atoms with Gasteiger partial charge in [0.25, 0.3) is 0 Å². The molecule has 0 aromatic carbocycles. The van der Waals surface area contributed by atoms with Crippen LogP contribution in [-0.4, -0.2) is 34.6 Å². The Bertz CT molecular complexity index is 439. The third-order valence-corrected chi connectivity index (χ3v) is 4.87. The van der Waals surface area contributed by atoms with E-state index in [4.69, 9.17) is 0 Å². The molecule has 2 aliphatic rings. The van der Waals surface area contributed by atoms with E-state index in [9.17, 15) is 0 Å². The van der Waals surface area contributed by atoms with Gasteiger partial charge in [-0.1, -0.05) is 0 Å². The summed E-state index contributed by atoms with van der Waals surface area (Å²) in [5.74, 6) is 0.913. The molecule has 0 bridgehead atoms. The lowest BCUT2D eigenvalue weighted by atomic mass is 9.95. The summed E-state index contributed by atoms with van der Waals surface area (Å²) in [4.78, 5) is 7.10. The van der Waals surface area contributed by atoms with E-state index in [-0.39, 0.29) is 5.54 Å². The number of halogens is 1. The predicted molar refractivity (Wildman–Crippen MR) is 80.9 cm³/mol. The molecule has 19 heavy (non-hydrogen) atoms. The Morgan fingerprint density at radius 1 is 1.42 bits per heavy atom. The molecule has 0 radical (unpaired) electrons. The van der Waals surface area contributed by atoms with Crippen molar-refractivity contribution >= 4 is 15.9 Å². The highest BCUT2D eigenvalue weighted by Crippen LogP contribution is 2.36. The predicted octanol–water partition coefficient (Wildman–Crippen LogP) is 2.81. The van der Waals surface area contributed by atoms with Crippen LogP contribution in [0.1, 0.15) is 32.4 Å². The number of nitrogens with zero attached hydrogens (tertiary/aromatic N) is 2. The van der Waals surface area contributed by atoms with Gasteiger partial charge in [0, 0.05) is 41.9 Å². The molecule has 1 aromatic rings. The maximum Gasteiger partial charge on any atom is 0.0545 e. The van der Waals surface area contributed by atoms with Crippen LogP contribution < -0.4 is 5.32 Å².